The number of nitrogens with zero attached hydrogens (tertiary/aromatic N) is 2. The van der Waals surface area contributed by atoms with Crippen LogP contribution in [0.1, 0.15) is 53.3 Å². The number of rotatable bonds is 5. The van der Waals surface area contributed by atoms with Crippen molar-refractivity contribution in [3.63, 3.8) is 0 Å². The number of H-pyrrole nitrogens is 1. The number of halogens is 1. The number of fused-ring (bicyclic) bond motifs is 1. The highest BCUT2D eigenvalue weighted by Gasteiger charge is 2.46. The van der Waals surface area contributed by atoms with Crippen molar-refractivity contribution in [2.24, 2.45) is 0 Å². The Morgan fingerprint density at radius 2 is 1.81 bits per heavy atom. The number of benzene rings is 2. The smallest absolute Gasteiger partial charge is 0.273 e. The molecular formula is C24H24ClN3O3. The molecule has 0 bridgehead atoms. The quantitative estimate of drug-likeness (QED) is 0.593. The fraction of sp³-hybridized carbons (Fsp3) is 0.333. The molecule has 3 aromatic rings. The van der Waals surface area contributed by atoms with Crippen molar-refractivity contribution in [1.82, 2.24) is 15.1 Å². The van der Waals surface area contributed by atoms with E-state index < -0.39 is 0 Å². The Bertz CT molecular complexity index is 1120. The number of ether oxygens (including phenoxy) is 2. The summed E-state index contributed by atoms with van der Waals surface area (Å²) in [6, 6.07) is 13.2. The van der Waals surface area contributed by atoms with E-state index in [0.29, 0.717) is 22.2 Å². The van der Waals surface area contributed by atoms with Crippen LogP contribution in [0.5, 0.6) is 11.5 Å². The second-order valence-electron chi connectivity index (χ2n) is 8.03. The summed E-state index contributed by atoms with van der Waals surface area (Å²) in [6.07, 6.45) is 4.29. The van der Waals surface area contributed by atoms with Gasteiger partial charge < -0.3 is 14.4 Å². The zero-order valence-corrected chi connectivity index (χ0v) is 18.3. The van der Waals surface area contributed by atoms with Crippen LogP contribution in [0.25, 0.3) is 11.3 Å². The van der Waals surface area contributed by atoms with E-state index in [1.54, 1.807) is 14.2 Å². The van der Waals surface area contributed by atoms with Gasteiger partial charge in [0.1, 0.15) is 17.2 Å². The van der Waals surface area contributed by atoms with Gasteiger partial charge in [0, 0.05) is 33.8 Å². The lowest BCUT2D eigenvalue weighted by Crippen LogP contribution is -2.37. The Hall–Kier alpha value is -2.99. The van der Waals surface area contributed by atoms with E-state index in [1.165, 1.54) is 0 Å². The molecule has 1 N–H and O–H groups in total. The summed E-state index contributed by atoms with van der Waals surface area (Å²) in [7, 11) is 3.27. The zero-order valence-electron chi connectivity index (χ0n) is 17.5. The lowest BCUT2D eigenvalue weighted by atomic mass is 9.94. The molecule has 7 heteroatoms. The highest BCUT2D eigenvalue weighted by atomic mass is 35.5. The van der Waals surface area contributed by atoms with Crippen molar-refractivity contribution >= 4 is 17.5 Å². The Balaban J connectivity index is 1.70. The standard InChI is InChI=1S/C24H24ClN3O3/c1-30-17-11-12-18(19(13-17)31-2)23-20-21(14-7-9-15(25)10-8-14)26-27-22(20)24(29)28(23)16-5-3-4-6-16/h7-13,16,23H,3-6H2,1-2H3,(H,26,27). The molecule has 1 aliphatic carbocycles. The van der Waals surface area contributed by atoms with E-state index >= 15 is 0 Å². The van der Waals surface area contributed by atoms with Gasteiger partial charge in [0.2, 0.25) is 0 Å². The first-order chi connectivity index (χ1) is 15.1. The second kappa shape index (κ2) is 7.93. The third-order valence-corrected chi connectivity index (χ3v) is 6.63. The maximum absolute atomic E-state index is 13.6. The number of aromatic nitrogens is 2. The Labute approximate surface area is 186 Å². The first-order valence-corrected chi connectivity index (χ1v) is 10.9. The summed E-state index contributed by atoms with van der Waals surface area (Å²) in [4.78, 5) is 15.6. The van der Waals surface area contributed by atoms with Gasteiger partial charge in [0.05, 0.1) is 26.0 Å². The Kier molecular flexibility index (Phi) is 5.10. The highest BCUT2D eigenvalue weighted by Crippen LogP contribution is 2.48. The molecule has 1 atom stereocenters. The topological polar surface area (TPSA) is 67.5 Å². The van der Waals surface area contributed by atoms with Gasteiger partial charge in [-0.15, -0.1) is 0 Å². The fourth-order valence-corrected chi connectivity index (χ4v) is 5.03. The monoisotopic (exact) mass is 437 g/mol. The lowest BCUT2D eigenvalue weighted by Gasteiger charge is -2.32. The molecule has 1 fully saturated rings. The molecule has 1 unspecified atom stereocenters. The predicted molar refractivity (Wildman–Crippen MR) is 119 cm³/mol. The van der Waals surface area contributed by atoms with Crippen LogP contribution in [0.4, 0.5) is 0 Å². The molecule has 2 heterocycles. The van der Waals surface area contributed by atoms with Crippen LogP contribution in [0.15, 0.2) is 42.5 Å². The van der Waals surface area contributed by atoms with Crippen molar-refractivity contribution in [3.05, 3.63) is 64.3 Å². The zero-order chi connectivity index (χ0) is 21.5. The summed E-state index contributed by atoms with van der Waals surface area (Å²) < 4.78 is 11.1. The van der Waals surface area contributed by atoms with E-state index in [4.69, 9.17) is 21.1 Å². The number of carbonyl (C=O) groups is 1. The number of hydrogen-bond acceptors (Lipinski definition) is 4. The van der Waals surface area contributed by atoms with Crippen LogP contribution >= 0.6 is 11.6 Å². The highest BCUT2D eigenvalue weighted by molar-refractivity contribution is 6.30. The molecular weight excluding hydrogens is 414 g/mol. The number of methoxy groups -OCH3 is 2. The maximum atomic E-state index is 13.6. The third kappa shape index (κ3) is 3.26. The minimum atomic E-state index is -0.282. The lowest BCUT2D eigenvalue weighted by molar-refractivity contribution is 0.0658. The second-order valence-corrected chi connectivity index (χ2v) is 8.47. The summed E-state index contributed by atoms with van der Waals surface area (Å²) in [5.74, 6) is 1.40. The van der Waals surface area contributed by atoms with E-state index in [0.717, 1.165) is 48.1 Å². The van der Waals surface area contributed by atoms with E-state index in [-0.39, 0.29) is 18.0 Å². The van der Waals surface area contributed by atoms with Gasteiger partial charge in [0.15, 0.2) is 0 Å². The molecule has 1 aliphatic heterocycles. The third-order valence-electron chi connectivity index (χ3n) is 6.37. The normalized spacial score (nSPS) is 18.5. The number of hydrogen-bond donors (Lipinski definition) is 1. The van der Waals surface area contributed by atoms with Gasteiger partial charge in [-0.3, -0.25) is 9.89 Å². The largest absolute Gasteiger partial charge is 0.497 e. The molecule has 5 rings (SSSR count). The molecule has 160 valence electrons. The van der Waals surface area contributed by atoms with Crippen molar-refractivity contribution in [3.8, 4) is 22.8 Å². The van der Waals surface area contributed by atoms with Crippen molar-refractivity contribution in [2.75, 3.05) is 14.2 Å². The molecule has 2 aliphatic rings. The molecule has 6 nitrogen and oxygen atoms in total. The summed E-state index contributed by atoms with van der Waals surface area (Å²) in [5, 5.41) is 8.22. The van der Waals surface area contributed by atoms with Crippen LogP contribution in [0.3, 0.4) is 0 Å². The van der Waals surface area contributed by atoms with Crippen LogP contribution in [0, 0.1) is 0 Å². The van der Waals surface area contributed by atoms with Crippen molar-refractivity contribution in [1.29, 1.82) is 0 Å². The Morgan fingerprint density at radius 3 is 2.48 bits per heavy atom. The minimum absolute atomic E-state index is 0.00233. The molecule has 0 saturated heterocycles. The minimum Gasteiger partial charge on any atom is -0.497 e. The SMILES string of the molecule is COc1ccc(C2c3c(-c4ccc(Cl)cc4)n[nH]c3C(=O)N2C2CCCC2)c(OC)c1. The number of aromatic amines is 1. The summed E-state index contributed by atoms with van der Waals surface area (Å²) in [5.41, 5.74) is 4.06. The first kappa shape index (κ1) is 19.9. The van der Waals surface area contributed by atoms with Crippen LogP contribution in [-0.4, -0.2) is 41.3 Å². The molecule has 31 heavy (non-hydrogen) atoms. The van der Waals surface area contributed by atoms with Gasteiger partial charge in [-0.05, 0) is 37.1 Å². The van der Waals surface area contributed by atoms with Gasteiger partial charge in [0.25, 0.3) is 5.91 Å². The summed E-state index contributed by atoms with van der Waals surface area (Å²) in [6.45, 7) is 0. The predicted octanol–water partition coefficient (Wildman–Crippen LogP) is 5.24. The van der Waals surface area contributed by atoms with Gasteiger partial charge >= 0.3 is 0 Å². The van der Waals surface area contributed by atoms with E-state index in [1.807, 2.05) is 47.4 Å². The fourth-order valence-electron chi connectivity index (χ4n) is 4.90. The average Bonchev–Trinajstić information content (AvgIpc) is 3.52. The van der Waals surface area contributed by atoms with Gasteiger partial charge in [-0.25, -0.2) is 0 Å². The number of nitrogens with one attached hydrogen (secondary N) is 1. The number of amides is 1. The molecule has 1 amide bonds. The number of carbonyl (C=O) groups excluding carboxylic acids is 1. The molecule has 0 spiro atoms. The summed E-state index contributed by atoms with van der Waals surface area (Å²) >= 11 is 6.10. The van der Waals surface area contributed by atoms with E-state index in [2.05, 4.69) is 10.2 Å². The molecule has 0 radical (unpaired) electrons. The molecule has 1 saturated carbocycles. The van der Waals surface area contributed by atoms with Crippen LogP contribution in [0.2, 0.25) is 5.02 Å². The van der Waals surface area contributed by atoms with Crippen molar-refractivity contribution < 1.29 is 14.3 Å². The maximum Gasteiger partial charge on any atom is 0.273 e. The Morgan fingerprint density at radius 1 is 1.06 bits per heavy atom. The van der Waals surface area contributed by atoms with Gasteiger partial charge in [-0.1, -0.05) is 36.6 Å². The van der Waals surface area contributed by atoms with Crippen molar-refractivity contribution in [2.45, 2.75) is 37.8 Å². The van der Waals surface area contributed by atoms with E-state index in [9.17, 15) is 4.79 Å². The average molecular weight is 438 g/mol. The van der Waals surface area contributed by atoms with Crippen LogP contribution in [-0.2, 0) is 0 Å². The molecule has 2 aromatic carbocycles. The van der Waals surface area contributed by atoms with Crippen LogP contribution < -0.4 is 9.47 Å². The molecule has 1 aromatic heterocycles. The van der Waals surface area contributed by atoms with Gasteiger partial charge in [-0.2, -0.15) is 5.10 Å². The first-order valence-electron chi connectivity index (χ1n) is 10.5.